The van der Waals surface area contributed by atoms with Crippen molar-refractivity contribution in [1.29, 1.82) is 0 Å². The topological polar surface area (TPSA) is 88.3 Å². The van der Waals surface area contributed by atoms with Crippen LogP contribution in [-0.4, -0.2) is 25.9 Å². The minimum absolute atomic E-state index is 0.0357. The maximum absolute atomic E-state index is 12.0. The lowest BCUT2D eigenvalue weighted by Crippen LogP contribution is -2.26. The lowest BCUT2D eigenvalue weighted by Gasteiger charge is -2.04. The maximum Gasteiger partial charge on any atom is 0.321 e. The molecule has 108 valence electrons. The third kappa shape index (κ3) is 3.17. The Kier molecular flexibility index (Phi) is 4.12. The van der Waals surface area contributed by atoms with E-state index in [4.69, 9.17) is 27.0 Å². The third-order valence-electron chi connectivity index (χ3n) is 2.46. The molecule has 20 heavy (non-hydrogen) atoms. The number of amides is 1. The number of hydrogen-bond acceptors (Lipinski definition) is 4. The van der Waals surface area contributed by atoms with E-state index in [1.807, 2.05) is 0 Å². The number of benzene rings is 1. The van der Waals surface area contributed by atoms with Crippen molar-refractivity contribution in [1.82, 2.24) is 9.71 Å². The van der Waals surface area contributed by atoms with Gasteiger partial charge in [0, 0.05) is 26.6 Å². The van der Waals surface area contributed by atoms with Gasteiger partial charge in [0.25, 0.3) is 5.91 Å². The fourth-order valence-electron chi connectivity index (χ4n) is 1.78. The molecular formula is C11H10Cl2N2O4S. The quantitative estimate of drug-likeness (QED) is 0.839. The molecule has 2 aromatic rings. The van der Waals surface area contributed by atoms with Crippen molar-refractivity contribution in [2.75, 3.05) is 6.61 Å². The first-order valence-corrected chi connectivity index (χ1v) is 8.21. The molecule has 0 fully saturated rings. The number of ether oxygens (including phenoxy) is 1. The fraction of sp³-hybridized carbons (Fsp3) is 0.182. The van der Waals surface area contributed by atoms with Crippen molar-refractivity contribution in [3.8, 4) is 5.88 Å². The fourth-order valence-corrected chi connectivity index (χ4v) is 2.49. The van der Waals surface area contributed by atoms with Gasteiger partial charge in [-0.15, -0.1) is 0 Å². The summed E-state index contributed by atoms with van der Waals surface area (Å²) in [4.78, 5) is 14.9. The number of H-pyrrole nitrogens is 1. The number of carbonyl (C=O) groups excluding carboxylic acids is 1. The lowest BCUT2D eigenvalue weighted by molar-refractivity contribution is 0.0980. The number of nitrogens with one attached hydrogen (secondary N) is 2. The van der Waals surface area contributed by atoms with Gasteiger partial charge in [0.2, 0.25) is 5.88 Å². The van der Waals surface area contributed by atoms with Crippen molar-refractivity contribution < 1.29 is 17.9 Å². The SMILES string of the molecule is CCOc1[nH]c2ccc(Cl)cc2c1C(=O)NS(=O)(=O)Cl. The highest BCUT2D eigenvalue weighted by atomic mass is 35.7. The maximum atomic E-state index is 12.0. The predicted octanol–water partition coefficient (Wildman–Crippen LogP) is 2.43. The normalized spacial score (nSPS) is 11.6. The van der Waals surface area contributed by atoms with Crippen LogP contribution in [0.5, 0.6) is 5.88 Å². The van der Waals surface area contributed by atoms with Crippen LogP contribution >= 0.6 is 22.3 Å². The molecule has 0 saturated heterocycles. The minimum Gasteiger partial charge on any atom is -0.479 e. The van der Waals surface area contributed by atoms with Gasteiger partial charge in [-0.05, 0) is 25.1 Å². The zero-order chi connectivity index (χ0) is 14.9. The van der Waals surface area contributed by atoms with Gasteiger partial charge in [-0.3, -0.25) is 4.79 Å². The van der Waals surface area contributed by atoms with E-state index in [0.29, 0.717) is 22.5 Å². The molecule has 0 radical (unpaired) electrons. The molecule has 0 spiro atoms. The van der Waals surface area contributed by atoms with Gasteiger partial charge in [0.15, 0.2) is 0 Å². The van der Waals surface area contributed by atoms with E-state index in [-0.39, 0.29) is 11.4 Å². The monoisotopic (exact) mass is 336 g/mol. The van der Waals surface area contributed by atoms with Crippen LogP contribution < -0.4 is 9.46 Å². The van der Waals surface area contributed by atoms with Crippen molar-refractivity contribution >= 4 is 48.3 Å². The number of carbonyl (C=O) groups is 1. The van der Waals surface area contributed by atoms with Crippen LogP contribution in [0.3, 0.4) is 0 Å². The van der Waals surface area contributed by atoms with Crippen LogP contribution in [0.25, 0.3) is 10.9 Å². The minimum atomic E-state index is -4.19. The predicted molar refractivity (Wildman–Crippen MR) is 76.7 cm³/mol. The summed E-state index contributed by atoms with van der Waals surface area (Å²) in [6.07, 6.45) is 0. The van der Waals surface area contributed by atoms with E-state index in [2.05, 4.69) is 4.98 Å². The number of aromatic nitrogens is 1. The van der Waals surface area contributed by atoms with E-state index in [1.165, 1.54) is 6.07 Å². The Hall–Kier alpha value is -1.44. The molecule has 0 bridgehead atoms. The summed E-state index contributed by atoms with van der Waals surface area (Å²) in [5.41, 5.74) is 0.628. The highest BCUT2D eigenvalue weighted by Gasteiger charge is 2.23. The largest absolute Gasteiger partial charge is 0.479 e. The Morgan fingerprint density at radius 1 is 1.45 bits per heavy atom. The standard InChI is InChI=1S/C11H10Cl2N2O4S/c1-2-19-11-9(10(16)15-20(13,17)18)7-5-6(12)3-4-8(7)14-11/h3-5,14H,2H2,1H3,(H,15,16). The third-order valence-corrected chi connectivity index (χ3v) is 3.35. The Balaban J connectivity index is 2.61. The zero-order valence-electron chi connectivity index (χ0n) is 10.2. The summed E-state index contributed by atoms with van der Waals surface area (Å²) in [6.45, 7) is 2.03. The van der Waals surface area contributed by atoms with Crippen LogP contribution in [0, 0.1) is 0 Å². The molecule has 1 aromatic carbocycles. The van der Waals surface area contributed by atoms with Crippen LogP contribution in [0.1, 0.15) is 17.3 Å². The average Bonchev–Trinajstić information content (AvgIpc) is 2.64. The van der Waals surface area contributed by atoms with Gasteiger partial charge in [0.1, 0.15) is 5.56 Å². The summed E-state index contributed by atoms with van der Waals surface area (Å²) in [5.74, 6) is -0.737. The smallest absolute Gasteiger partial charge is 0.321 e. The highest BCUT2D eigenvalue weighted by Crippen LogP contribution is 2.30. The second kappa shape index (κ2) is 5.51. The van der Waals surface area contributed by atoms with Crippen molar-refractivity contribution in [3.05, 3.63) is 28.8 Å². The molecule has 0 saturated carbocycles. The first-order valence-electron chi connectivity index (χ1n) is 5.52. The molecule has 2 N–H and O–H groups in total. The van der Waals surface area contributed by atoms with E-state index in [9.17, 15) is 13.2 Å². The zero-order valence-corrected chi connectivity index (χ0v) is 12.6. The average molecular weight is 337 g/mol. The molecule has 6 nitrogen and oxygen atoms in total. The first kappa shape index (κ1) is 15.0. The molecule has 0 unspecified atom stereocenters. The summed E-state index contributed by atoms with van der Waals surface area (Å²) in [5, 5.41) is 0.848. The lowest BCUT2D eigenvalue weighted by atomic mass is 10.1. The molecule has 0 aliphatic heterocycles. The molecule has 0 aliphatic rings. The van der Waals surface area contributed by atoms with Gasteiger partial charge >= 0.3 is 9.24 Å². The van der Waals surface area contributed by atoms with E-state index in [0.717, 1.165) is 0 Å². The van der Waals surface area contributed by atoms with Crippen molar-refractivity contribution in [2.24, 2.45) is 0 Å². The van der Waals surface area contributed by atoms with Gasteiger partial charge in [-0.25, -0.2) is 4.72 Å². The van der Waals surface area contributed by atoms with Gasteiger partial charge in [-0.1, -0.05) is 11.6 Å². The molecular weight excluding hydrogens is 327 g/mol. The number of halogens is 2. The van der Waals surface area contributed by atoms with E-state index >= 15 is 0 Å². The van der Waals surface area contributed by atoms with Crippen LogP contribution in [0.2, 0.25) is 5.02 Å². The van der Waals surface area contributed by atoms with Gasteiger partial charge in [0.05, 0.1) is 6.61 Å². The molecule has 1 heterocycles. The molecule has 1 aromatic heterocycles. The van der Waals surface area contributed by atoms with Crippen molar-refractivity contribution in [2.45, 2.75) is 6.92 Å². The number of rotatable bonds is 4. The molecule has 9 heteroatoms. The first-order chi connectivity index (χ1) is 9.31. The molecule has 2 rings (SSSR count). The number of hydrogen-bond donors (Lipinski definition) is 2. The van der Waals surface area contributed by atoms with E-state index < -0.39 is 15.1 Å². The van der Waals surface area contributed by atoms with Gasteiger partial charge in [-0.2, -0.15) is 8.42 Å². The Bertz CT molecular complexity index is 770. The summed E-state index contributed by atoms with van der Waals surface area (Å²) >= 11 is 5.88. The molecule has 0 aliphatic carbocycles. The second-order valence-corrected chi connectivity index (χ2v) is 6.56. The Morgan fingerprint density at radius 2 is 2.15 bits per heavy atom. The second-order valence-electron chi connectivity index (χ2n) is 3.82. The van der Waals surface area contributed by atoms with Crippen LogP contribution in [-0.2, 0) is 9.24 Å². The van der Waals surface area contributed by atoms with Crippen LogP contribution in [0.4, 0.5) is 0 Å². The van der Waals surface area contributed by atoms with Gasteiger partial charge < -0.3 is 9.72 Å². The Morgan fingerprint density at radius 3 is 2.75 bits per heavy atom. The molecule has 0 atom stereocenters. The number of fused-ring (bicyclic) bond motifs is 1. The van der Waals surface area contributed by atoms with Crippen LogP contribution in [0.15, 0.2) is 18.2 Å². The highest BCUT2D eigenvalue weighted by molar-refractivity contribution is 8.12. The Labute approximate surface area is 124 Å². The molecule has 1 amide bonds. The summed E-state index contributed by atoms with van der Waals surface area (Å²) < 4.78 is 28.9. The summed E-state index contributed by atoms with van der Waals surface area (Å²) in [6, 6.07) is 4.83. The van der Waals surface area contributed by atoms with Crippen molar-refractivity contribution in [3.63, 3.8) is 0 Å². The number of aromatic amines is 1. The van der Waals surface area contributed by atoms with E-state index in [1.54, 1.807) is 23.8 Å². The summed E-state index contributed by atoms with van der Waals surface area (Å²) in [7, 11) is 0.830.